The van der Waals surface area contributed by atoms with Gasteiger partial charge in [0.2, 0.25) is 5.79 Å². The standard InChI is InChI=1S/C11H17FO5/c1-9(2)13-5-11(17-9)7(12)6-8(16-11)15-10(3,4)14-6/h6-8H,5H2,1-4H3/t6?,7-,8-,11-/m0/s1. The van der Waals surface area contributed by atoms with E-state index in [1.54, 1.807) is 27.7 Å². The van der Waals surface area contributed by atoms with E-state index in [4.69, 9.17) is 23.7 Å². The minimum Gasteiger partial charge on any atom is -0.345 e. The predicted molar refractivity (Wildman–Crippen MR) is 53.7 cm³/mol. The summed E-state index contributed by atoms with van der Waals surface area (Å²) < 4.78 is 41.8. The van der Waals surface area contributed by atoms with Crippen LogP contribution in [0.5, 0.6) is 0 Å². The third-order valence-electron chi connectivity index (χ3n) is 3.15. The summed E-state index contributed by atoms with van der Waals surface area (Å²) in [5, 5.41) is 0. The van der Waals surface area contributed by atoms with Crippen LogP contribution >= 0.6 is 0 Å². The van der Waals surface area contributed by atoms with Gasteiger partial charge in [-0.2, -0.15) is 0 Å². The van der Waals surface area contributed by atoms with Crippen molar-refractivity contribution in [2.24, 2.45) is 0 Å². The molecule has 3 aliphatic rings. The molecule has 0 radical (unpaired) electrons. The number of ether oxygens (including phenoxy) is 5. The summed E-state index contributed by atoms with van der Waals surface area (Å²) in [5.41, 5.74) is 0. The van der Waals surface area contributed by atoms with Gasteiger partial charge in [-0.25, -0.2) is 4.39 Å². The van der Waals surface area contributed by atoms with Crippen LogP contribution in [0.15, 0.2) is 0 Å². The SMILES string of the molecule is CC1(C)OC2[C@@H](O1)O[C@]1(COC(C)(C)O1)[C@H]2F. The van der Waals surface area contributed by atoms with Crippen LogP contribution in [0.3, 0.4) is 0 Å². The Labute approximate surface area is 99.1 Å². The molecular weight excluding hydrogens is 231 g/mol. The molecule has 3 saturated heterocycles. The summed E-state index contributed by atoms with van der Waals surface area (Å²) in [7, 11) is 0. The maximum Gasteiger partial charge on any atom is 0.231 e. The molecule has 0 aromatic carbocycles. The van der Waals surface area contributed by atoms with Gasteiger partial charge in [-0.1, -0.05) is 0 Å². The van der Waals surface area contributed by atoms with Crippen LogP contribution in [0.25, 0.3) is 0 Å². The molecule has 3 fully saturated rings. The molecule has 1 spiro atoms. The van der Waals surface area contributed by atoms with Gasteiger partial charge in [0.05, 0.1) is 0 Å². The molecule has 0 bridgehead atoms. The number of hydrogen-bond acceptors (Lipinski definition) is 5. The Kier molecular flexibility index (Phi) is 2.21. The Morgan fingerprint density at radius 2 is 1.71 bits per heavy atom. The lowest BCUT2D eigenvalue weighted by Crippen LogP contribution is -2.45. The van der Waals surface area contributed by atoms with Crippen molar-refractivity contribution in [3.8, 4) is 0 Å². The molecule has 5 nitrogen and oxygen atoms in total. The van der Waals surface area contributed by atoms with Crippen molar-refractivity contribution in [1.82, 2.24) is 0 Å². The average molecular weight is 248 g/mol. The summed E-state index contributed by atoms with van der Waals surface area (Å²) in [6, 6.07) is 0. The van der Waals surface area contributed by atoms with Gasteiger partial charge >= 0.3 is 0 Å². The van der Waals surface area contributed by atoms with Crippen LogP contribution in [0.1, 0.15) is 27.7 Å². The van der Waals surface area contributed by atoms with Crippen LogP contribution in [-0.4, -0.2) is 42.5 Å². The van der Waals surface area contributed by atoms with Crippen molar-refractivity contribution in [3.05, 3.63) is 0 Å². The first-order valence-electron chi connectivity index (χ1n) is 5.75. The van der Waals surface area contributed by atoms with Crippen LogP contribution in [0, 0.1) is 0 Å². The Balaban J connectivity index is 1.81. The van der Waals surface area contributed by atoms with E-state index in [0.29, 0.717) is 0 Å². The van der Waals surface area contributed by atoms with E-state index in [0.717, 1.165) is 0 Å². The van der Waals surface area contributed by atoms with Crippen molar-refractivity contribution < 1.29 is 28.1 Å². The van der Waals surface area contributed by atoms with Gasteiger partial charge in [-0.3, -0.25) is 0 Å². The Hall–Kier alpha value is -0.270. The van der Waals surface area contributed by atoms with Crippen molar-refractivity contribution in [2.75, 3.05) is 6.61 Å². The fourth-order valence-electron chi connectivity index (χ4n) is 2.50. The summed E-state index contributed by atoms with van der Waals surface area (Å²) in [5.74, 6) is -3.07. The van der Waals surface area contributed by atoms with E-state index in [1.807, 2.05) is 0 Å². The van der Waals surface area contributed by atoms with Gasteiger partial charge < -0.3 is 23.7 Å². The Morgan fingerprint density at radius 1 is 1.00 bits per heavy atom. The highest BCUT2D eigenvalue weighted by Gasteiger charge is 2.67. The van der Waals surface area contributed by atoms with Crippen molar-refractivity contribution in [1.29, 1.82) is 0 Å². The average Bonchev–Trinajstić information content (AvgIpc) is 2.70. The maximum atomic E-state index is 14.4. The lowest BCUT2D eigenvalue weighted by molar-refractivity contribution is -0.310. The van der Waals surface area contributed by atoms with Gasteiger partial charge in [-0.05, 0) is 27.7 Å². The van der Waals surface area contributed by atoms with Crippen molar-refractivity contribution in [3.63, 3.8) is 0 Å². The highest BCUT2D eigenvalue weighted by Crippen LogP contribution is 2.48. The molecule has 0 aromatic rings. The topological polar surface area (TPSA) is 46.2 Å². The molecule has 17 heavy (non-hydrogen) atoms. The van der Waals surface area contributed by atoms with Gasteiger partial charge in [0.15, 0.2) is 24.0 Å². The number of alkyl halides is 1. The molecule has 6 heteroatoms. The quantitative estimate of drug-likeness (QED) is 0.647. The second-order valence-electron chi connectivity index (χ2n) is 5.59. The fourth-order valence-corrected chi connectivity index (χ4v) is 2.50. The Bertz CT molecular complexity index is 345. The zero-order valence-electron chi connectivity index (χ0n) is 10.4. The van der Waals surface area contributed by atoms with Crippen LogP contribution < -0.4 is 0 Å². The molecule has 0 saturated carbocycles. The first-order chi connectivity index (χ1) is 7.73. The maximum absolute atomic E-state index is 14.4. The molecule has 1 unspecified atom stereocenters. The predicted octanol–water partition coefficient (Wildman–Crippen LogP) is 1.31. The lowest BCUT2D eigenvalue weighted by atomic mass is 10.1. The molecule has 98 valence electrons. The van der Waals surface area contributed by atoms with E-state index >= 15 is 0 Å². The second-order valence-corrected chi connectivity index (χ2v) is 5.59. The molecular formula is C11H17FO5. The van der Waals surface area contributed by atoms with Crippen LogP contribution in [0.4, 0.5) is 4.39 Å². The number of fused-ring (bicyclic) bond motifs is 1. The number of rotatable bonds is 0. The second kappa shape index (κ2) is 3.19. The van der Waals surface area contributed by atoms with Crippen molar-refractivity contribution >= 4 is 0 Å². The van der Waals surface area contributed by atoms with Crippen molar-refractivity contribution in [2.45, 2.75) is 63.6 Å². The summed E-state index contributed by atoms with van der Waals surface area (Å²) in [6.07, 6.45) is -2.92. The minimum atomic E-state index is -1.42. The van der Waals surface area contributed by atoms with Gasteiger partial charge in [-0.15, -0.1) is 0 Å². The van der Waals surface area contributed by atoms with Gasteiger partial charge in [0, 0.05) is 0 Å². The first-order valence-corrected chi connectivity index (χ1v) is 5.75. The number of hydrogen-bond donors (Lipinski definition) is 0. The lowest BCUT2D eigenvalue weighted by Gasteiger charge is -2.29. The molecule has 0 amide bonds. The first kappa shape index (κ1) is 11.8. The fraction of sp³-hybridized carbons (Fsp3) is 1.00. The normalized spacial score (nSPS) is 51.0. The van der Waals surface area contributed by atoms with E-state index < -0.39 is 35.9 Å². The monoisotopic (exact) mass is 248 g/mol. The third-order valence-corrected chi connectivity index (χ3v) is 3.15. The zero-order valence-corrected chi connectivity index (χ0v) is 10.4. The summed E-state index contributed by atoms with van der Waals surface area (Å²) in [4.78, 5) is 0. The molecule has 4 atom stereocenters. The number of halogens is 1. The smallest absolute Gasteiger partial charge is 0.231 e. The van der Waals surface area contributed by atoms with E-state index in [2.05, 4.69) is 0 Å². The van der Waals surface area contributed by atoms with E-state index in [9.17, 15) is 4.39 Å². The van der Waals surface area contributed by atoms with Crippen LogP contribution in [-0.2, 0) is 23.7 Å². The third kappa shape index (κ3) is 1.70. The largest absolute Gasteiger partial charge is 0.345 e. The molecule has 0 aromatic heterocycles. The summed E-state index contributed by atoms with van der Waals surface area (Å²) in [6.45, 7) is 6.94. The molecule has 0 N–H and O–H groups in total. The highest BCUT2D eigenvalue weighted by atomic mass is 19.1. The molecule has 3 aliphatic heterocycles. The van der Waals surface area contributed by atoms with E-state index in [1.165, 1.54) is 0 Å². The zero-order chi connectivity index (χ0) is 12.5. The highest BCUT2D eigenvalue weighted by molar-refractivity contribution is 5.01. The molecule has 3 heterocycles. The van der Waals surface area contributed by atoms with Gasteiger partial charge in [0.25, 0.3) is 0 Å². The molecule has 3 rings (SSSR count). The Morgan fingerprint density at radius 3 is 2.24 bits per heavy atom. The molecule has 0 aliphatic carbocycles. The van der Waals surface area contributed by atoms with E-state index in [-0.39, 0.29) is 6.61 Å². The van der Waals surface area contributed by atoms with Crippen LogP contribution in [0.2, 0.25) is 0 Å². The minimum absolute atomic E-state index is 0.0430. The summed E-state index contributed by atoms with van der Waals surface area (Å²) >= 11 is 0. The van der Waals surface area contributed by atoms with Gasteiger partial charge in [0.1, 0.15) is 12.7 Å².